The SMILES string of the molecule is O=C(N[C@@H]1CCCNC1)c1ccccc1. The van der Waals surface area contributed by atoms with Crippen LogP contribution < -0.4 is 10.6 Å². The lowest BCUT2D eigenvalue weighted by molar-refractivity contribution is 0.0930. The molecule has 1 aliphatic heterocycles. The van der Waals surface area contributed by atoms with Gasteiger partial charge >= 0.3 is 0 Å². The van der Waals surface area contributed by atoms with Gasteiger partial charge in [-0.25, -0.2) is 0 Å². The highest BCUT2D eigenvalue weighted by atomic mass is 16.1. The second-order valence-corrected chi connectivity index (χ2v) is 3.88. The number of rotatable bonds is 2. The fraction of sp³-hybridized carbons (Fsp3) is 0.417. The number of carbonyl (C=O) groups excluding carboxylic acids is 1. The van der Waals surface area contributed by atoms with Crippen molar-refractivity contribution in [2.24, 2.45) is 0 Å². The molecule has 0 unspecified atom stereocenters. The third-order valence-corrected chi connectivity index (χ3v) is 2.67. The Balaban J connectivity index is 1.91. The van der Waals surface area contributed by atoms with E-state index in [0.29, 0.717) is 0 Å². The predicted octanol–water partition coefficient (Wildman–Crippen LogP) is 1.17. The predicted molar refractivity (Wildman–Crippen MR) is 59.8 cm³/mol. The third-order valence-electron chi connectivity index (χ3n) is 2.67. The van der Waals surface area contributed by atoms with Gasteiger partial charge in [0.05, 0.1) is 0 Å². The zero-order valence-electron chi connectivity index (χ0n) is 8.70. The van der Waals surface area contributed by atoms with Gasteiger partial charge in [0.2, 0.25) is 0 Å². The van der Waals surface area contributed by atoms with Gasteiger partial charge in [0.1, 0.15) is 0 Å². The second-order valence-electron chi connectivity index (χ2n) is 3.88. The molecule has 15 heavy (non-hydrogen) atoms. The minimum Gasteiger partial charge on any atom is -0.348 e. The van der Waals surface area contributed by atoms with Gasteiger partial charge < -0.3 is 10.6 Å². The van der Waals surface area contributed by atoms with E-state index in [1.165, 1.54) is 0 Å². The normalized spacial score (nSPS) is 20.9. The van der Waals surface area contributed by atoms with Crippen LogP contribution in [0.25, 0.3) is 0 Å². The van der Waals surface area contributed by atoms with Crippen molar-refractivity contribution in [2.75, 3.05) is 13.1 Å². The molecule has 2 rings (SSSR count). The second kappa shape index (κ2) is 4.94. The van der Waals surface area contributed by atoms with Gasteiger partial charge in [-0.05, 0) is 31.5 Å². The number of amides is 1. The van der Waals surface area contributed by atoms with E-state index in [1.807, 2.05) is 30.3 Å². The molecule has 1 fully saturated rings. The maximum atomic E-state index is 11.8. The minimum absolute atomic E-state index is 0.0318. The molecule has 1 aliphatic rings. The molecule has 0 radical (unpaired) electrons. The van der Waals surface area contributed by atoms with E-state index in [9.17, 15) is 4.79 Å². The summed E-state index contributed by atoms with van der Waals surface area (Å²) >= 11 is 0. The van der Waals surface area contributed by atoms with E-state index >= 15 is 0 Å². The van der Waals surface area contributed by atoms with Gasteiger partial charge in [-0.3, -0.25) is 4.79 Å². The number of piperidine rings is 1. The molecule has 80 valence electrons. The first kappa shape index (κ1) is 10.2. The summed E-state index contributed by atoms with van der Waals surface area (Å²) in [4.78, 5) is 11.8. The quantitative estimate of drug-likeness (QED) is 0.759. The topological polar surface area (TPSA) is 41.1 Å². The maximum Gasteiger partial charge on any atom is 0.251 e. The lowest BCUT2D eigenvalue weighted by atomic mass is 10.1. The molecular formula is C12H16N2O. The van der Waals surface area contributed by atoms with Crippen LogP contribution in [0.1, 0.15) is 23.2 Å². The highest BCUT2D eigenvalue weighted by molar-refractivity contribution is 5.94. The molecule has 0 bridgehead atoms. The summed E-state index contributed by atoms with van der Waals surface area (Å²) in [5.74, 6) is 0.0318. The van der Waals surface area contributed by atoms with E-state index in [0.717, 1.165) is 31.5 Å². The van der Waals surface area contributed by atoms with Crippen LogP contribution in [-0.4, -0.2) is 25.0 Å². The van der Waals surface area contributed by atoms with Crippen LogP contribution >= 0.6 is 0 Å². The van der Waals surface area contributed by atoms with Gasteiger partial charge in [0.15, 0.2) is 0 Å². The summed E-state index contributed by atoms with van der Waals surface area (Å²) in [6, 6.07) is 9.64. The van der Waals surface area contributed by atoms with E-state index in [1.54, 1.807) is 0 Å². The summed E-state index contributed by atoms with van der Waals surface area (Å²) < 4.78 is 0. The van der Waals surface area contributed by atoms with Gasteiger partial charge in [0, 0.05) is 18.2 Å². The molecule has 3 nitrogen and oxygen atoms in total. The summed E-state index contributed by atoms with van der Waals surface area (Å²) in [5.41, 5.74) is 0.739. The Hall–Kier alpha value is -1.35. The van der Waals surface area contributed by atoms with Crippen molar-refractivity contribution < 1.29 is 4.79 Å². The van der Waals surface area contributed by atoms with E-state index in [4.69, 9.17) is 0 Å². The molecule has 1 atom stereocenters. The van der Waals surface area contributed by atoms with Crippen LogP contribution in [0, 0.1) is 0 Å². The Morgan fingerprint density at radius 2 is 2.13 bits per heavy atom. The van der Waals surface area contributed by atoms with Gasteiger partial charge in [-0.2, -0.15) is 0 Å². The van der Waals surface area contributed by atoms with Gasteiger partial charge in [-0.1, -0.05) is 18.2 Å². The molecule has 1 aromatic rings. The molecule has 0 spiro atoms. The monoisotopic (exact) mass is 204 g/mol. The Morgan fingerprint density at radius 1 is 1.33 bits per heavy atom. The lowest BCUT2D eigenvalue weighted by Gasteiger charge is -2.23. The van der Waals surface area contributed by atoms with Crippen LogP contribution in [0.15, 0.2) is 30.3 Å². The first-order valence-corrected chi connectivity index (χ1v) is 5.43. The molecule has 3 heteroatoms. The van der Waals surface area contributed by atoms with Crippen LogP contribution in [0.5, 0.6) is 0 Å². The molecule has 0 saturated carbocycles. The van der Waals surface area contributed by atoms with Crippen LogP contribution in [-0.2, 0) is 0 Å². The van der Waals surface area contributed by atoms with Crippen LogP contribution in [0.3, 0.4) is 0 Å². The van der Waals surface area contributed by atoms with Crippen molar-refractivity contribution in [3.05, 3.63) is 35.9 Å². The Kier molecular flexibility index (Phi) is 3.35. The number of benzene rings is 1. The zero-order valence-corrected chi connectivity index (χ0v) is 8.70. The smallest absolute Gasteiger partial charge is 0.251 e. The Labute approximate surface area is 89.9 Å². The van der Waals surface area contributed by atoms with Crippen molar-refractivity contribution in [2.45, 2.75) is 18.9 Å². The molecule has 1 heterocycles. The molecule has 1 saturated heterocycles. The maximum absolute atomic E-state index is 11.8. The van der Waals surface area contributed by atoms with Crippen molar-refractivity contribution in [3.63, 3.8) is 0 Å². The van der Waals surface area contributed by atoms with Gasteiger partial charge in [-0.15, -0.1) is 0 Å². The summed E-state index contributed by atoms with van der Waals surface area (Å²) in [6.45, 7) is 1.95. The molecule has 2 N–H and O–H groups in total. The van der Waals surface area contributed by atoms with E-state index < -0.39 is 0 Å². The van der Waals surface area contributed by atoms with E-state index in [-0.39, 0.29) is 11.9 Å². The molecule has 1 amide bonds. The van der Waals surface area contributed by atoms with Crippen molar-refractivity contribution in [3.8, 4) is 0 Å². The number of hydrogen-bond donors (Lipinski definition) is 2. The summed E-state index contributed by atoms with van der Waals surface area (Å²) in [5, 5.41) is 6.31. The van der Waals surface area contributed by atoms with Crippen molar-refractivity contribution >= 4 is 5.91 Å². The Morgan fingerprint density at radius 3 is 2.80 bits per heavy atom. The summed E-state index contributed by atoms with van der Waals surface area (Å²) in [7, 11) is 0. The zero-order chi connectivity index (χ0) is 10.5. The van der Waals surface area contributed by atoms with Crippen LogP contribution in [0.2, 0.25) is 0 Å². The minimum atomic E-state index is 0.0318. The molecule has 0 aliphatic carbocycles. The van der Waals surface area contributed by atoms with Gasteiger partial charge in [0.25, 0.3) is 5.91 Å². The third kappa shape index (κ3) is 2.80. The highest BCUT2D eigenvalue weighted by Gasteiger charge is 2.15. The number of carbonyl (C=O) groups is 1. The van der Waals surface area contributed by atoms with E-state index in [2.05, 4.69) is 10.6 Å². The average molecular weight is 204 g/mol. The summed E-state index contributed by atoms with van der Waals surface area (Å²) in [6.07, 6.45) is 2.21. The highest BCUT2D eigenvalue weighted by Crippen LogP contribution is 2.04. The van der Waals surface area contributed by atoms with Crippen molar-refractivity contribution in [1.82, 2.24) is 10.6 Å². The molecular weight excluding hydrogens is 188 g/mol. The molecule has 1 aromatic carbocycles. The largest absolute Gasteiger partial charge is 0.348 e. The fourth-order valence-corrected chi connectivity index (χ4v) is 1.83. The lowest BCUT2D eigenvalue weighted by Crippen LogP contribution is -2.45. The van der Waals surface area contributed by atoms with Crippen LogP contribution in [0.4, 0.5) is 0 Å². The average Bonchev–Trinajstić information content (AvgIpc) is 2.31. The molecule has 0 aromatic heterocycles. The Bertz CT molecular complexity index is 318. The van der Waals surface area contributed by atoms with Crippen molar-refractivity contribution in [1.29, 1.82) is 0 Å². The first-order valence-electron chi connectivity index (χ1n) is 5.43. The first-order chi connectivity index (χ1) is 7.36. The number of hydrogen-bond acceptors (Lipinski definition) is 2. The fourth-order valence-electron chi connectivity index (χ4n) is 1.83. The number of nitrogens with one attached hydrogen (secondary N) is 2. The standard InChI is InChI=1S/C12H16N2O/c15-12(10-5-2-1-3-6-10)14-11-7-4-8-13-9-11/h1-3,5-6,11,13H,4,7-9H2,(H,14,15)/t11-/m1/s1.